The largest absolute Gasteiger partial charge is 0.486 e. The number of fused-ring (bicyclic) bond motifs is 2. The van der Waals surface area contributed by atoms with Crippen LogP contribution < -0.4 is 14.8 Å². The van der Waals surface area contributed by atoms with Crippen LogP contribution in [0.15, 0.2) is 30.6 Å². The van der Waals surface area contributed by atoms with E-state index >= 15 is 0 Å². The van der Waals surface area contributed by atoms with Crippen LogP contribution in [0, 0.1) is 6.92 Å². The van der Waals surface area contributed by atoms with Gasteiger partial charge in [0, 0.05) is 13.1 Å². The molecule has 2 aliphatic rings. The number of hydrogen-bond donors (Lipinski definition) is 2. The Morgan fingerprint density at radius 1 is 1.26 bits per heavy atom. The third-order valence-electron chi connectivity index (χ3n) is 5.74. The van der Waals surface area contributed by atoms with Crippen LogP contribution in [0.25, 0.3) is 10.2 Å². The van der Waals surface area contributed by atoms with Crippen LogP contribution in [-0.4, -0.2) is 64.3 Å². The number of aromatic nitrogens is 2. The van der Waals surface area contributed by atoms with Gasteiger partial charge < -0.3 is 24.8 Å². The number of ether oxygens (including phenoxy) is 2. The van der Waals surface area contributed by atoms with E-state index in [0.29, 0.717) is 49.8 Å². The number of hydrogen-bond acceptors (Lipinski definition) is 8. The van der Waals surface area contributed by atoms with Crippen LogP contribution in [0.5, 0.6) is 11.5 Å². The van der Waals surface area contributed by atoms with Gasteiger partial charge in [-0.2, -0.15) is 0 Å². The number of likely N-dealkylation sites (tertiary alicyclic amines) is 1. The van der Waals surface area contributed by atoms with E-state index in [-0.39, 0.29) is 18.1 Å². The molecule has 1 unspecified atom stereocenters. The number of aliphatic hydroxyl groups excluding tert-OH is 1. The smallest absolute Gasteiger partial charge is 0.264 e. The Kier molecular flexibility index (Phi) is 5.37. The van der Waals surface area contributed by atoms with Gasteiger partial charge in [0.1, 0.15) is 29.7 Å². The summed E-state index contributed by atoms with van der Waals surface area (Å²) in [7, 11) is 0. The van der Waals surface area contributed by atoms with E-state index in [1.54, 1.807) is 0 Å². The van der Waals surface area contributed by atoms with Gasteiger partial charge in [0.05, 0.1) is 22.9 Å². The highest BCUT2D eigenvalue weighted by Crippen LogP contribution is 2.35. The second-order valence-corrected chi connectivity index (χ2v) is 8.86. The van der Waals surface area contributed by atoms with Gasteiger partial charge in [-0.1, -0.05) is 12.1 Å². The Morgan fingerprint density at radius 3 is 2.84 bits per heavy atom. The molecular formula is C22H24N4O4S. The molecule has 2 aromatic heterocycles. The molecule has 5 rings (SSSR count). The molecule has 1 fully saturated rings. The Labute approximate surface area is 183 Å². The highest BCUT2D eigenvalue weighted by molar-refractivity contribution is 7.20. The predicted octanol–water partition coefficient (Wildman–Crippen LogP) is 2.85. The van der Waals surface area contributed by atoms with E-state index in [1.165, 1.54) is 17.7 Å². The molecule has 1 atom stereocenters. The van der Waals surface area contributed by atoms with Gasteiger partial charge in [-0.25, -0.2) is 9.97 Å². The minimum atomic E-state index is -0.313. The molecule has 1 aromatic carbocycles. The number of piperidine rings is 1. The van der Waals surface area contributed by atoms with Gasteiger partial charge in [0.15, 0.2) is 11.5 Å². The van der Waals surface area contributed by atoms with E-state index in [4.69, 9.17) is 9.47 Å². The molecule has 0 spiro atoms. The molecule has 9 heteroatoms. The number of nitrogens with one attached hydrogen (secondary N) is 1. The van der Waals surface area contributed by atoms with Crippen LogP contribution in [0.1, 0.15) is 28.1 Å². The molecule has 8 nitrogen and oxygen atoms in total. The standard InChI is InChI=1S/C22H24N4O4S/c1-13-18-20(23-10-15-11-29-16-4-2-3-5-17(16)30-15)24-12-25-21(18)31-19(13)22(28)26-8-6-14(27)7-9-26/h2-5,12,14-15,27H,6-11H2,1H3,(H,23,24,25). The number of benzene rings is 1. The van der Waals surface area contributed by atoms with Crippen molar-refractivity contribution in [2.45, 2.75) is 32.0 Å². The molecule has 0 aliphatic carbocycles. The molecule has 2 aliphatic heterocycles. The Balaban J connectivity index is 1.34. The zero-order valence-electron chi connectivity index (χ0n) is 17.2. The minimum Gasteiger partial charge on any atom is -0.486 e. The number of para-hydroxylation sites is 2. The molecule has 162 valence electrons. The van der Waals surface area contributed by atoms with Crippen LogP contribution >= 0.6 is 11.3 Å². The molecule has 0 bridgehead atoms. The number of carbonyl (C=O) groups is 1. The van der Waals surface area contributed by atoms with Crippen molar-refractivity contribution < 1.29 is 19.4 Å². The van der Waals surface area contributed by atoms with Gasteiger partial charge in [0.2, 0.25) is 0 Å². The molecule has 1 saturated heterocycles. The maximum absolute atomic E-state index is 13.1. The first-order valence-corrected chi connectivity index (χ1v) is 11.3. The summed E-state index contributed by atoms with van der Waals surface area (Å²) in [5.41, 5.74) is 0.880. The van der Waals surface area contributed by atoms with Gasteiger partial charge in [-0.15, -0.1) is 11.3 Å². The van der Waals surface area contributed by atoms with Gasteiger partial charge in [-0.05, 0) is 37.5 Å². The van der Waals surface area contributed by atoms with E-state index in [2.05, 4.69) is 15.3 Å². The minimum absolute atomic E-state index is 0.000953. The summed E-state index contributed by atoms with van der Waals surface area (Å²) < 4.78 is 11.8. The van der Waals surface area contributed by atoms with Crippen molar-refractivity contribution >= 4 is 33.3 Å². The fourth-order valence-electron chi connectivity index (χ4n) is 4.00. The van der Waals surface area contributed by atoms with Crippen molar-refractivity contribution in [1.82, 2.24) is 14.9 Å². The molecular weight excluding hydrogens is 416 g/mol. The highest BCUT2D eigenvalue weighted by Gasteiger charge is 2.27. The Morgan fingerprint density at radius 2 is 2.03 bits per heavy atom. The quantitative estimate of drug-likeness (QED) is 0.644. The molecule has 0 radical (unpaired) electrons. The monoisotopic (exact) mass is 440 g/mol. The van der Waals surface area contributed by atoms with Gasteiger partial charge >= 0.3 is 0 Å². The predicted molar refractivity (Wildman–Crippen MR) is 118 cm³/mol. The van der Waals surface area contributed by atoms with Gasteiger partial charge in [-0.3, -0.25) is 4.79 Å². The summed E-state index contributed by atoms with van der Waals surface area (Å²) >= 11 is 1.39. The highest BCUT2D eigenvalue weighted by atomic mass is 32.1. The van der Waals surface area contributed by atoms with Crippen LogP contribution in [0.4, 0.5) is 5.82 Å². The van der Waals surface area contributed by atoms with Crippen molar-refractivity contribution in [2.75, 3.05) is 31.6 Å². The lowest BCUT2D eigenvalue weighted by molar-refractivity contribution is 0.0550. The van der Waals surface area contributed by atoms with Crippen molar-refractivity contribution in [1.29, 1.82) is 0 Å². The van der Waals surface area contributed by atoms with Crippen LogP contribution in [-0.2, 0) is 0 Å². The summed E-state index contributed by atoms with van der Waals surface area (Å²) in [6.07, 6.45) is 2.29. The average molecular weight is 441 g/mol. The van der Waals surface area contributed by atoms with Crippen molar-refractivity contribution in [3.05, 3.63) is 41.0 Å². The first-order chi connectivity index (χ1) is 15.1. The lowest BCUT2D eigenvalue weighted by Gasteiger charge is -2.29. The number of aryl methyl sites for hydroxylation is 1. The summed E-state index contributed by atoms with van der Waals surface area (Å²) in [6, 6.07) is 7.62. The molecule has 31 heavy (non-hydrogen) atoms. The number of thiophene rings is 1. The number of nitrogens with zero attached hydrogens (tertiary/aromatic N) is 3. The van der Waals surface area contributed by atoms with Crippen molar-refractivity contribution in [3.8, 4) is 11.5 Å². The summed E-state index contributed by atoms with van der Waals surface area (Å²) in [5, 5.41) is 13.9. The third-order valence-corrected chi connectivity index (χ3v) is 6.93. The van der Waals surface area contributed by atoms with Crippen LogP contribution in [0.2, 0.25) is 0 Å². The third kappa shape index (κ3) is 3.90. The van der Waals surface area contributed by atoms with Gasteiger partial charge in [0.25, 0.3) is 5.91 Å². The molecule has 1 amide bonds. The zero-order valence-corrected chi connectivity index (χ0v) is 18.0. The summed E-state index contributed by atoms with van der Waals surface area (Å²) in [4.78, 5) is 25.2. The first kappa shape index (κ1) is 20.0. The van der Waals surface area contributed by atoms with Crippen LogP contribution in [0.3, 0.4) is 0 Å². The van der Waals surface area contributed by atoms with E-state index in [0.717, 1.165) is 27.3 Å². The fraction of sp³-hybridized carbons (Fsp3) is 0.409. The summed E-state index contributed by atoms with van der Waals surface area (Å²) in [6.45, 7) is 4.06. The first-order valence-electron chi connectivity index (χ1n) is 10.4. The Hall–Kier alpha value is -2.91. The number of rotatable bonds is 4. The van der Waals surface area contributed by atoms with E-state index in [9.17, 15) is 9.90 Å². The number of amides is 1. The topological polar surface area (TPSA) is 96.8 Å². The molecule has 4 heterocycles. The van der Waals surface area contributed by atoms with E-state index in [1.807, 2.05) is 36.1 Å². The summed E-state index contributed by atoms with van der Waals surface area (Å²) in [5.74, 6) is 2.18. The molecule has 2 N–H and O–H groups in total. The maximum atomic E-state index is 13.1. The number of carbonyl (C=O) groups excluding carboxylic acids is 1. The maximum Gasteiger partial charge on any atom is 0.264 e. The SMILES string of the molecule is Cc1c(C(=O)N2CCC(O)CC2)sc2ncnc(NCC3COc4ccccc4O3)c12. The molecule has 3 aromatic rings. The normalized spacial score (nSPS) is 18.9. The second kappa shape index (κ2) is 8.32. The lowest BCUT2D eigenvalue weighted by Crippen LogP contribution is -2.39. The fourth-order valence-corrected chi connectivity index (χ4v) is 5.11. The molecule has 0 saturated carbocycles. The average Bonchev–Trinajstić information content (AvgIpc) is 3.14. The van der Waals surface area contributed by atoms with Crippen molar-refractivity contribution in [2.24, 2.45) is 0 Å². The second-order valence-electron chi connectivity index (χ2n) is 7.86. The number of aliphatic hydroxyl groups is 1. The Bertz CT molecular complexity index is 1110. The lowest BCUT2D eigenvalue weighted by atomic mass is 10.1. The van der Waals surface area contributed by atoms with E-state index < -0.39 is 0 Å². The number of anilines is 1. The van der Waals surface area contributed by atoms with Crippen molar-refractivity contribution in [3.63, 3.8) is 0 Å². The zero-order chi connectivity index (χ0) is 21.4.